The highest BCUT2D eigenvalue weighted by Gasteiger charge is 2.57. The second-order valence-corrected chi connectivity index (χ2v) is 8.25. The van der Waals surface area contributed by atoms with E-state index in [4.69, 9.17) is 0 Å². The molecule has 3 fully saturated rings. The summed E-state index contributed by atoms with van der Waals surface area (Å²) < 4.78 is 39.4. The molecule has 2 saturated carbocycles. The monoisotopic (exact) mass is 409 g/mol. The summed E-state index contributed by atoms with van der Waals surface area (Å²) in [6.07, 6.45) is -0.423. The van der Waals surface area contributed by atoms with E-state index in [1.807, 2.05) is 0 Å². The van der Waals surface area contributed by atoms with E-state index in [2.05, 4.69) is 16.0 Å². The van der Waals surface area contributed by atoms with E-state index in [0.29, 0.717) is 5.56 Å². The lowest BCUT2D eigenvalue weighted by atomic mass is 9.67. The molecule has 1 heterocycles. The molecule has 156 valence electrons. The van der Waals surface area contributed by atoms with Crippen LogP contribution in [-0.4, -0.2) is 23.4 Å². The van der Waals surface area contributed by atoms with Gasteiger partial charge in [0.05, 0.1) is 11.6 Å². The first-order valence-corrected chi connectivity index (χ1v) is 9.79. The predicted octanol–water partition coefficient (Wildman–Crippen LogP) is 3.04. The Bertz CT molecular complexity index is 843. The average Bonchev–Trinajstić information content (AvgIpc) is 3.25. The van der Waals surface area contributed by atoms with Crippen LogP contribution in [0.3, 0.4) is 0 Å². The van der Waals surface area contributed by atoms with Crippen molar-refractivity contribution in [1.29, 1.82) is 0 Å². The number of halogens is 3. The van der Waals surface area contributed by atoms with Crippen LogP contribution in [0.5, 0.6) is 0 Å². The highest BCUT2D eigenvalue weighted by molar-refractivity contribution is 6.08. The van der Waals surface area contributed by atoms with Crippen LogP contribution in [0.4, 0.5) is 18.0 Å². The van der Waals surface area contributed by atoms with Crippen LogP contribution < -0.4 is 16.0 Å². The third kappa shape index (κ3) is 3.70. The molecule has 1 aromatic rings. The first kappa shape index (κ1) is 19.7. The molecular formula is C20H22F3N3O3. The number of hydrogen-bond donors (Lipinski definition) is 3. The molecule has 2 aliphatic carbocycles. The number of benzene rings is 1. The highest BCUT2D eigenvalue weighted by Crippen LogP contribution is 2.42. The number of carbonyl (C=O) groups excluding carboxylic acids is 3. The number of carbonyl (C=O) groups is 3. The highest BCUT2D eigenvalue weighted by atomic mass is 19.4. The summed E-state index contributed by atoms with van der Waals surface area (Å²) in [5, 5.41) is 7.67. The standard InChI is InChI=1S/C20H22F3N3O3/c21-20(22,23)14-7-3-6-12(8-14)15(11-4-1-2-5-11)24-16(27)13-9-19(10-13)17(28)25-18(29)26-19/h3,6-8,11,13,15H,1-2,4-5,9-10H2,(H,24,27)(H2,25,26,28,29). The molecular weight excluding hydrogens is 387 g/mol. The summed E-state index contributed by atoms with van der Waals surface area (Å²) in [5.41, 5.74) is -1.32. The smallest absolute Gasteiger partial charge is 0.349 e. The van der Waals surface area contributed by atoms with Crippen LogP contribution in [-0.2, 0) is 15.8 Å². The number of urea groups is 1. The van der Waals surface area contributed by atoms with Gasteiger partial charge in [-0.1, -0.05) is 25.0 Å². The molecule has 6 nitrogen and oxygen atoms in total. The van der Waals surface area contributed by atoms with Crippen LogP contribution in [0.25, 0.3) is 0 Å². The molecule has 0 bridgehead atoms. The maximum absolute atomic E-state index is 13.1. The van der Waals surface area contributed by atoms with Crippen LogP contribution in [0.2, 0.25) is 0 Å². The van der Waals surface area contributed by atoms with Crippen molar-refractivity contribution in [2.45, 2.75) is 56.3 Å². The van der Waals surface area contributed by atoms with Gasteiger partial charge in [-0.05, 0) is 49.3 Å². The van der Waals surface area contributed by atoms with Gasteiger partial charge >= 0.3 is 12.2 Å². The van der Waals surface area contributed by atoms with Crippen molar-refractivity contribution in [3.8, 4) is 0 Å². The van der Waals surface area contributed by atoms with Gasteiger partial charge < -0.3 is 10.6 Å². The summed E-state index contributed by atoms with van der Waals surface area (Å²) >= 11 is 0. The fraction of sp³-hybridized carbons (Fsp3) is 0.550. The molecule has 4 rings (SSSR count). The molecule has 0 aromatic heterocycles. The first-order chi connectivity index (χ1) is 13.7. The van der Waals surface area contributed by atoms with Crippen molar-refractivity contribution in [2.24, 2.45) is 11.8 Å². The van der Waals surface area contributed by atoms with Gasteiger partial charge in [-0.15, -0.1) is 0 Å². The molecule has 1 aliphatic heterocycles. The number of nitrogens with one attached hydrogen (secondary N) is 3. The fourth-order valence-electron chi connectivity index (χ4n) is 4.73. The predicted molar refractivity (Wildman–Crippen MR) is 96.4 cm³/mol. The Kier molecular flexibility index (Phi) is 4.78. The van der Waals surface area contributed by atoms with E-state index in [1.54, 1.807) is 6.07 Å². The van der Waals surface area contributed by atoms with E-state index >= 15 is 0 Å². The van der Waals surface area contributed by atoms with Gasteiger partial charge in [0.2, 0.25) is 5.91 Å². The van der Waals surface area contributed by atoms with Crippen molar-refractivity contribution in [3.05, 3.63) is 35.4 Å². The summed E-state index contributed by atoms with van der Waals surface area (Å²) in [6.45, 7) is 0. The third-order valence-corrected chi connectivity index (χ3v) is 6.32. The number of hydrogen-bond acceptors (Lipinski definition) is 3. The number of amides is 4. The van der Waals surface area contributed by atoms with Crippen LogP contribution in [0.1, 0.15) is 55.7 Å². The average molecular weight is 409 g/mol. The number of imide groups is 1. The van der Waals surface area contributed by atoms with Crippen molar-refractivity contribution < 1.29 is 27.6 Å². The van der Waals surface area contributed by atoms with Gasteiger partial charge in [0, 0.05) is 5.92 Å². The van der Waals surface area contributed by atoms with Crippen molar-refractivity contribution >= 4 is 17.8 Å². The van der Waals surface area contributed by atoms with Crippen LogP contribution in [0, 0.1) is 11.8 Å². The normalized spacial score (nSPS) is 28.0. The van der Waals surface area contributed by atoms with Gasteiger partial charge in [0.1, 0.15) is 5.54 Å². The molecule has 3 aliphatic rings. The zero-order valence-corrected chi connectivity index (χ0v) is 15.6. The lowest BCUT2D eigenvalue weighted by Gasteiger charge is -2.42. The lowest BCUT2D eigenvalue weighted by Crippen LogP contribution is -2.60. The molecule has 1 spiro atoms. The van der Waals surface area contributed by atoms with Crippen LogP contribution >= 0.6 is 0 Å². The molecule has 3 N–H and O–H groups in total. The summed E-state index contributed by atoms with van der Waals surface area (Å²) in [7, 11) is 0. The summed E-state index contributed by atoms with van der Waals surface area (Å²) in [5.74, 6) is -1.12. The van der Waals surface area contributed by atoms with Crippen molar-refractivity contribution in [3.63, 3.8) is 0 Å². The fourth-order valence-corrected chi connectivity index (χ4v) is 4.73. The zero-order chi connectivity index (χ0) is 20.8. The number of rotatable bonds is 4. The third-order valence-electron chi connectivity index (χ3n) is 6.32. The topological polar surface area (TPSA) is 87.3 Å². The van der Waals surface area contributed by atoms with Crippen LogP contribution in [0.15, 0.2) is 24.3 Å². The van der Waals surface area contributed by atoms with E-state index in [0.717, 1.165) is 37.8 Å². The van der Waals surface area contributed by atoms with Crippen molar-refractivity contribution in [1.82, 2.24) is 16.0 Å². The maximum atomic E-state index is 13.1. The van der Waals surface area contributed by atoms with E-state index in [-0.39, 0.29) is 24.7 Å². The second-order valence-electron chi connectivity index (χ2n) is 8.25. The minimum absolute atomic E-state index is 0.0750. The Hall–Kier alpha value is -2.58. The van der Waals surface area contributed by atoms with Gasteiger partial charge in [0.25, 0.3) is 5.91 Å². The lowest BCUT2D eigenvalue weighted by molar-refractivity contribution is -0.138. The Morgan fingerprint density at radius 3 is 2.45 bits per heavy atom. The molecule has 1 unspecified atom stereocenters. The second kappa shape index (κ2) is 7.03. The first-order valence-electron chi connectivity index (χ1n) is 9.79. The zero-order valence-electron chi connectivity index (χ0n) is 15.6. The molecule has 9 heteroatoms. The van der Waals surface area contributed by atoms with Gasteiger partial charge in [-0.3, -0.25) is 14.9 Å². The minimum atomic E-state index is -4.45. The van der Waals surface area contributed by atoms with E-state index in [1.165, 1.54) is 6.07 Å². The summed E-state index contributed by atoms with van der Waals surface area (Å²) in [6, 6.07) is 4.04. The molecule has 0 radical (unpaired) electrons. The summed E-state index contributed by atoms with van der Waals surface area (Å²) in [4.78, 5) is 36.1. The van der Waals surface area contributed by atoms with Gasteiger partial charge in [-0.2, -0.15) is 13.2 Å². The van der Waals surface area contributed by atoms with E-state index < -0.39 is 41.2 Å². The van der Waals surface area contributed by atoms with E-state index in [9.17, 15) is 27.6 Å². The van der Waals surface area contributed by atoms with Gasteiger partial charge in [0.15, 0.2) is 0 Å². The quantitative estimate of drug-likeness (QED) is 0.668. The Morgan fingerprint density at radius 2 is 1.86 bits per heavy atom. The Morgan fingerprint density at radius 1 is 1.17 bits per heavy atom. The molecule has 1 aromatic carbocycles. The number of alkyl halides is 3. The Labute approximate surface area is 165 Å². The Balaban J connectivity index is 1.49. The largest absolute Gasteiger partial charge is 0.416 e. The maximum Gasteiger partial charge on any atom is 0.416 e. The molecule has 1 atom stereocenters. The molecule has 29 heavy (non-hydrogen) atoms. The van der Waals surface area contributed by atoms with Gasteiger partial charge in [-0.25, -0.2) is 4.79 Å². The molecule has 4 amide bonds. The molecule has 1 saturated heterocycles. The van der Waals surface area contributed by atoms with Crippen molar-refractivity contribution in [2.75, 3.05) is 0 Å². The SMILES string of the molecule is O=C1NC(=O)C2(CC(C(=O)NC(c3cccc(C(F)(F)F)c3)C3CCCC3)C2)N1. The minimum Gasteiger partial charge on any atom is -0.349 e.